The fraction of sp³-hybridized carbons (Fsp3) is 0.714. The van der Waals surface area contributed by atoms with Gasteiger partial charge in [-0.25, -0.2) is 0 Å². The monoisotopic (exact) mass is 170 g/mol. The van der Waals surface area contributed by atoms with E-state index < -0.39 is 0 Å². The quantitative estimate of drug-likeness (QED) is 0.342. The lowest BCUT2D eigenvalue weighted by Crippen LogP contribution is -2.22. The van der Waals surface area contributed by atoms with Crippen LogP contribution in [0.25, 0.3) is 0 Å². The van der Waals surface area contributed by atoms with Gasteiger partial charge in [0, 0.05) is 0 Å². The minimum atomic E-state index is -0.0303. The lowest BCUT2D eigenvalue weighted by atomic mass is 10.2. The van der Waals surface area contributed by atoms with Crippen molar-refractivity contribution in [1.29, 1.82) is 0 Å². The van der Waals surface area contributed by atoms with Gasteiger partial charge in [-0.1, -0.05) is 0 Å². The highest BCUT2D eigenvalue weighted by atomic mass is 16.5. The highest BCUT2D eigenvalue weighted by Crippen LogP contribution is 2.17. The molecule has 2 unspecified atom stereocenters. The predicted molar refractivity (Wildman–Crippen MR) is 47.9 cm³/mol. The highest BCUT2D eigenvalue weighted by Gasteiger charge is 2.19. The molecule has 0 aromatic heterocycles. The van der Waals surface area contributed by atoms with E-state index in [1.54, 1.807) is 6.21 Å². The third-order valence-corrected chi connectivity index (χ3v) is 1.67. The van der Waals surface area contributed by atoms with Gasteiger partial charge in [0.2, 0.25) is 5.96 Å². The van der Waals surface area contributed by atoms with Crippen molar-refractivity contribution in [3.63, 3.8) is 0 Å². The van der Waals surface area contributed by atoms with E-state index in [0.717, 1.165) is 12.8 Å². The standard InChI is InChI=1S/C7H14N4O/c1-5-2-3-6(12-5)4-10-11-7(8)9/h4-6H,2-3H2,1H3,(H4,8,9,11). The second-order valence-electron chi connectivity index (χ2n) is 2.85. The summed E-state index contributed by atoms with van der Waals surface area (Å²) >= 11 is 0. The third kappa shape index (κ3) is 2.87. The molecule has 1 aliphatic rings. The van der Waals surface area contributed by atoms with Crippen molar-refractivity contribution in [3.05, 3.63) is 0 Å². The molecule has 1 aliphatic heterocycles. The minimum absolute atomic E-state index is 0.0303. The molecule has 0 spiro atoms. The number of hydrogen-bond donors (Lipinski definition) is 2. The van der Waals surface area contributed by atoms with Crippen molar-refractivity contribution in [2.45, 2.75) is 32.0 Å². The number of nitrogens with zero attached hydrogens (tertiary/aromatic N) is 2. The first-order valence-corrected chi connectivity index (χ1v) is 3.96. The Balaban J connectivity index is 2.32. The molecule has 5 heteroatoms. The van der Waals surface area contributed by atoms with Gasteiger partial charge < -0.3 is 16.2 Å². The molecule has 1 saturated heterocycles. The van der Waals surface area contributed by atoms with Crippen LogP contribution in [0.2, 0.25) is 0 Å². The van der Waals surface area contributed by atoms with Crippen LogP contribution in [0.4, 0.5) is 0 Å². The summed E-state index contributed by atoms with van der Waals surface area (Å²) in [6, 6.07) is 0. The molecule has 0 radical (unpaired) electrons. The zero-order chi connectivity index (χ0) is 8.97. The fourth-order valence-electron chi connectivity index (χ4n) is 1.12. The zero-order valence-corrected chi connectivity index (χ0v) is 7.10. The molecule has 1 fully saturated rings. The van der Waals surface area contributed by atoms with E-state index in [0.29, 0.717) is 6.10 Å². The van der Waals surface area contributed by atoms with E-state index in [1.807, 2.05) is 6.92 Å². The summed E-state index contributed by atoms with van der Waals surface area (Å²) in [6.07, 6.45) is 4.08. The molecule has 0 amide bonds. The molecular formula is C7H14N4O. The van der Waals surface area contributed by atoms with Gasteiger partial charge in [-0.3, -0.25) is 0 Å². The van der Waals surface area contributed by atoms with E-state index in [2.05, 4.69) is 10.2 Å². The number of rotatable bonds is 2. The normalized spacial score (nSPS) is 29.4. The molecule has 1 heterocycles. The van der Waals surface area contributed by atoms with Crippen LogP contribution in [-0.4, -0.2) is 24.4 Å². The first-order valence-electron chi connectivity index (χ1n) is 3.96. The first kappa shape index (κ1) is 8.99. The van der Waals surface area contributed by atoms with Crippen LogP contribution >= 0.6 is 0 Å². The molecule has 2 atom stereocenters. The number of guanidine groups is 1. The molecule has 0 bridgehead atoms. The van der Waals surface area contributed by atoms with Crippen LogP contribution in [0, 0.1) is 0 Å². The maximum absolute atomic E-state index is 5.44. The molecule has 0 aromatic carbocycles. The Hall–Kier alpha value is -1.10. The lowest BCUT2D eigenvalue weighted by Gasteiger charge is -2.02. The molecule has 1 rings (SSSR count). The predicted octanol–water partition coefficient (Wildman–Crippen LogP) is -0.187. The van der Waals surface area contributed by atoms with Gasteiger partial charge in [0.15, 0.2) is 0 Å². The molecule has 5 nitrogen and oxygen atoms in total. The van der Waals surface area contributed by atoms with E-state index in [1.165, 1.54) is 0 Å². The third-order valence-electron chi connectivity index (χ3n) is 1.67. The van der Waals surface area contributed by atoms with Crippen molar-refractivity contribution in [2.75, 3.05) is 0 Å². The SMILES string of the molecule is CC1CCC(C=NN=C(N)N)O1. The molecule has 0 aromatic rings. The van der Waals surface area contributed by atoms with E-state index in [9.17, 15) is 0 Å². The highest BCUT2D eigenvalue weighted by molar-refractivity contribution is 5.76. The Bertz CT molecular complexity index is 198. The minimum Gasteiger partial charge on any atom is -0.370 e. The lowest BCUT2D eigenvalue weighted by molar-refractivity contribution is 0.0961. The fourth-order valence-corrected chi connectivity index (χ4v) is 1.12. The van der Waals surface area contributed by atoms with Gasteiger partial charge in [0.25, 0.3) is 0 Å². The number of hydrogen-bond acceptors (Lipinski definition) is 3. The van der Waals surface area contributed by atoms with Crippen molar-refractivity contribution in [3.8, 4) is 0 Å². The van der Waals surface area contributed by atoms with E-state index in [-0.39, 0.29) is 12.1 Å². The number of nitrogens with two attached hydrogens (primary N) is 2. The summed E-state index contributed by atoms with van der Waals surface area (Å²) in [5, 5.41) is 7.15. The second kappa shape index (κ2) is 4.06. The van der Waals surface area contributed by atoms with Gasteiger partial charge in [0.1, 0.15) is 0 Å². The van der Waals surface area contributed by atoms with E-state index >= 15 is 0 Å². The summed E-state index contributed by atoms with van der Waals surface area (Å²) in [7, 11) is 0. The largest absolute Gasteiger partial charge is 0.370 e. The van der Waals surface area contributed by atoms with Gasteiger partial charge in [-0.15, -0.1) is 5.10 Å². The Kier molecular flexibility index (Phi) is 3.04. The van der Waals surface area contributed by atoms with Gasteiger partial charge in [-0.05, 0) is 19.8 Å². The topological polar surface area (TPSA) is 86.0 Å². The van der Waals surface area contributed by atoms with Crippen LogP contribution < -0.4 is 11.5 Å². The smallest absolute Gasteiger partial charge is 0.211 e. The maximum Gasteiger partial charge on any atom is 0.211 e. The van der Waals surface area contributed by atoms with Crippen LogP contribution in [0.5, 0.6) is 0 Å². The van der Waals surface area contributed by atoms with Gasteiger partial charge in [-0.2, -0.15) is 5.10 Å². The van der Waals surface area contributed by atoms with Crippen LogP contribution in [-0.2, 0) is 4.74 Å². The van der Waals surface area contributed by atoms with Crippen LogP contribution in [0.3, 0.4) is 0 Å². The van der Waals surface area contributed by atoms with Gasteiger partial charge >= 0.3 is 0 Å². The Morgan fingerprint density at radius 3 is 2.75 bits per heavy atom. The molecule has 4 N–H and O–H groups in total. The molecular weight excluding hydrogens is 156 g/mol. The summed E-state index contributed by atoms with van der Waals surface area (Å²) in [4.78, 5) is 0. The Morgan fingerprint density at radius 2 is 2.25 bits per heavy atom. The summed E-state index contributed by atoms with van der Waals surface area (Å²) in [5.41, 5.74) is 10.2. The molecule has 12 heavy (non-hydrogen) atoms. The number of ether oxygens (including phenoxy) is 1. The molecule has 0 saturated carbocycles. The van der Waals surface area contributed by atoms with Crippen molar-refractivity contribution >= 4 is 12.2 Å². The average Bonchev–Trinajstić information content (AvgIpc) is 2.35. The average molecular weight is 170 g/mol. The van der Waals surface area contributed by atoms with Crippen LogP contribution in [0.15, 0.2) is 10.2 Å². The van der Waals surface area contributed by atoms with Crippen molar-refractivity contribution in [1.82, 2.24) is 0 Å². The summed E-state index contributed by atoms with van der Waals surface area (Å²) < 4.78 is 5.44. The van der Waals surface area contributed by atoms with Crippen molar-refractivity contribution < 1.29 is 4.74 Å². The first-order chi connectivity index (χ1) is 5.68. The second-order valence-corrected chi connectivity index (χ2v) is 2.85. The Morgan fingerprint density at radius 1 is 1.50 bits per heavy atom. The van der Waals surface area contributed by atoms with Crippen LogP contribution in [0.1, 0.15) is 19.8 Å². The molecule has 0 aliphatic carbocycles. The van der Waals surface area contributed by atoms with Gasteiger partial charge in [0.05, 0.1) is 18.4 Å². The molecule has 68 valence electrons. The zero-order valence-electron chi connectivity index (χ0n) is 7.10. The Labute approximate surface area is 71.5 Å². The summed E-state index contributed by atoms with van der Waals surface area (Å²) in [6.45, 7) is 2.04. The summed E-state index contributed by atoms with van der Waals surface area (Å²) in [5.74, 6) is -0.0303. The maximum atomic E-state index is 5.44. The van der Waals surface area contributed by atoms with E-state index in [4.69, 9.17) is 16.2 Å². The van der Waals surface area contributed by atoms with Crippen molar-refractivity contribution in [2.24, 2.45) is 21.7 Å².